The van der Waals surface area contributed by atoms with Gasteiger partial charge in [0.2, 0.25) is 5.82 Å². The van der Waals surface area contributed by atoms with E-state index in [1.165, 1.54) is 0 Å². The Morgan fingerprint density at radius 3 is 3.12 bits per heavy atom. The zero-order valence-corrected chi connectivity index (χ0v) is 13.7. The number of nitrogens with one attached hydrogen (secondary N) is 2. The molecule has 24 heavy (non-hydrogen) atoms. The largest absolute Gasteiger partial charge is 0.383 e. The molecular formula is C16H22N6O2. The molecule has 3 rings (SSSR count). The van der Waals surface area contributed by atoms with Crippen LogP contribution in [0.15, 0.2) is 24.3 Å². The summed E-state index contributed by atoms with van der Waals surface area (Å²) in [5.74, 6) is 0.793. The molecule has 0 spiro atoms. The Hall–Kier alpha value is -2.32. The third-order valence-corrected chi connectivity index (χ3v) is 4.29. The minimum Gasteiger partial charge on any atom is -0.383 e. The zero-order chi connectivity index (χ0) is 16.8. The first-order valence-corrected chi connectivity index (χ1v) is 8.10. The van der Waals surface area contributed by atoms with E-state index in [9.17, 15) is 4.79 Å². The van der Waals surface area contributed by atoms with Gasteiger partial charge in [-0.2, -0.15) is 5.21 Å². The highest BCUT2D eigenvalue weighted by atomic mass is 16.5. The molecule has 2 N–H and O–H groups in total. The number of hydrogen-bond acceptors (Lipinski definition) is 6. The quantitative estimate of drug-likeness (QED) is 0.770. The number of carbonyl (C=O) groups is 1. The molecule has 1 fully saturated rings. The van der Waals surface area contributed by atoms with E-state index in [4.69, 9.17) is 4.74 Å². The summed E-state index contributed by atoms with van der Waals surface area (Å²) in [6.45, 7) is 4.42. The van der Waals surface area contributed by atoms with Crippen molar-refractivity contribution in [2.24, 2.45) is 5.92 Å². The van der Waals surface area contributed by atoms with Crippen LogP contribution in [0.4, 0.5) is 0 Å². The van der Waals surface area contributed by atoms with Crippen LogP contribution in [0.2, 0.25) is 0 Å². The Balaban J connectivity index is 1.57. The van der Waals surface area contributed by atoms with E-state index >= 15 is 0 Å². The molecule has 1 saturated heterocycles. The van der Waals surface area contributed by atoms with E-state index in [0.717, 1.165) is 32.7 Å². The molecule has 2 aromatic rings. The molecule has 0 bridgehead atoms. The summed E-state index contributed by atoms with van der Waals surface area (Å²) in [5.41, 5.74) is 1.24. The summed E-state index contributed by atoms with van der Waals surface area (Å²) >= 11 is 0. The average molecular weight is 330 g/mol. The number of benzene rings is 1. The fourth-order valence-electron chi connectivity index (χ4n) is 2.99. The number of carbonyl (C=O) groups excluding carboxylic acids is 1. The molecule has 1 aromatic heterocycles. The molecule has 1 aromatic carbocycles. The van der Waals surface area contributed by atoms with Gasteiger partial charge in [-0.1, -0.05) is 18.2 Å². The molecular weight excluding hydrogens is 308 g/mol. The van der Waals surface area contributed by atoms with E-state index in [1.807, 2.05) is 18.2 Å². The number of amides is 1. The van der Waals surface area contributed by atoms with Gasteiger partial charge in [0, 0.05) is 32.3 Å². The first-order chi connectivity index (χ1) is 11.8. The highest BCUT2D eigenvalue weighted by Crippen LogP contribution is 2.19. The molecule has 1 amide bonds. The van der Waals surface area contributed by atoms with E-state index in [2.05, 4.69) is 30.8 Å². The number of ether oxygens (including phenoxy) is 1. The SMILES string of the molecule is COCCN1CC[C@@H](CNC(=O)c2ccccc2-c2nn[nH]n2)C1. The van der Waals surface area contributed by atoms with Crippen molar-refractivity contribution in [3.05, 3.63) is 29.8 Å². The Bertz CT molecular complexity index is 660. The highest BCUT2D eigenvalue weighted by Gasteiger charge is 2.23. The fraction of sp³-hybridized carbons (Fsp3) is 0.500. The second kappa shape index (κ2) is 7.98. The molecule has 0 aliphatic carbocycles. The van der Waals surface area contributed by atoms with Gasteiger partial charge in [-0.25, -0.2) is 0 Å². The summed E-state index contributed by atoms with van der Waals surface area (Å²) in [5, 5.41) is 16.9. The van der Waals surface area contributed by atoms with E-state index in [1.54, 1.807) is 13.2 Å². The van der Waals surface area contributed by atoms with E-state index in [-0.39, 0.29) is 5.91 Å². The lowest BCUT2D eigenvalue weighted by atomic mass is 10.1. The lowest BCUT2D eigenvalue weighted by molar-refractivity contribution is 0.0947. The number of aromatic amines is 1. The topological polar surface area (TPSA) is 96.0 Å². The van der Waals surface area contributed by atoms with Gasteiger partial charge in [0.05, 0.1) is 12.2 Å². The number of H-pyrrole nitrogens is 1. The lowest BCUT2D eigenvalue weighted by Crippen LogP contribution is -2.32. The Labute approximate surface area is 140 Å². The van der Waals surface area contributed by atoms with Gasteiger partial charge in [0.15, 0.2) is 0 Å². The lowest BCUT2D eigenvalue weighted by Gasteiger charge is -2.16. The third-order valence-electron chi connectivity index (χ3n) is 4.29. The second-order valence-electron chi connectivity index (χ2n) is 5.94. The van der Waals surface area contributed by atoms with Crippen LogP contribution < -0.4 is 5.32 Å². The van der Waals surface area contributed by atoms with Crippen LogP contribution >= 0.6 is 0 Å². The number of aromatic nitrogens is 4. The number of rotatable bonds is 7. The Kier molecular flexibility index (Phi) is 5.50. The normalized spacial score (nSPS) is 18.0. The minimum atomic E-state index is -0.106. The molecule has 1 atom stereocenters. The molecule has 128 valence electrons. The summed E-state index contributed by atoms with van der Waals surface area (Å²) in [6, 6.07) is 7.29. The molecule has 2 heterocycles. The van der Waals surface area contributed by atoms with Gasteiger partial charge in [0.25, 0.3) is 5.91 Å². The first kappa shape index (κ1) is 16.5. The third kappa shape index (κ3) is 3.95. The van der Waals surface area contributed by atoms with Crippen LogP contribution in [-0.2, 0) is 4.74 Å². The van der Waals surface area contributed by atoms with Gasteiger partial charge in [0.1, 0.15) is 0 Å². The van der Waals surface area contributed by atoms with Crippen LogP contribution in [0.5, 0.6) is 0 Å². The van der Waals surface area contributed by atoms with Crippen LogP contribution in [-0.4, -0.2) is 71.3 Å². The van der Waals surface area contributed by atoms with E-state index < -0.39 is 0 Å². The predicted octanol–water partition coefficient (Wildman–Crippen LogP) is 0.565. The Morgan fingerprint density at radius 2 is 2.33 bits per heavy atom. The van der Waals surface area contributed by atoms with Crippen LogP contribution in [0.25, 0.3) is 11.4 Å². The average Bonchev–Trinajstić information content (AvgIpc) is 3.29. The predicted molar refractivity (Wildman–Crippen MR) is 88.4 cm³/mol. The number of tetrazole rings is 1. The Morgan fingerprint density at radius 1 is 1.46 bits per heavy atom. The van der Waals surface area contributed by atoms with Crippen LogP contribution in [0.1, 0.15) is 16.8 Å². The first-order valence-electron chi connectivity index (χ1n) is 8.10. The molecule has 0 saturated carbocycles. The molecule has 0 unspecified atom stereocenters. The maximum atomic E-state index is 12.5. The van der Waals surface area contributed by atoms with Gasteiger partial charge in [-0.05, 0) is 30.2 Å². The van der Waals surface area contributed by atoms with Gasteiger partial charge < -0.3 is 15.0 Å². The molecule has 1 aliphatic heterocycles. The number of likely N-dealkylation sites (tertiary alicyclic amines) is 1. The van der Waals surface area contributed by atoms with Crippen molar-refractivity contribution < 1.29 is 9.53 Å². The van der Waals surface area contributed by atoms with Crippen molar-refractivity contribution in [1.29, 1.82) is 0 Å². The molecule has 8 heteroatoms. The fourth-order valence-corrected chi connectivity index (χ4v) is 2.99. The molecule has 0 radical (unpaired) electrons. The number of methoxy groups -OCH3 is 1. The zero-order valence-electron chi connectivity index (χ0n) is 13.7. The summed E-state index contributed by atoms with van der Waals surface area (Å²) in [7, 11) is 1.72. The van der Waals surface area contributed by atoms with Crippen molar-refractivity contribution in [1.82, 2.24) is 30.8 Å². The van der Waals surface area contributed by atoms with Crippen molar-refractivity contribution in [3.63, 3.8) is 0 Å². The second-order valence-corrected chi connectivity index (χ2v) is 5.94. The standard InChI is InChI=1S/C16H22N6O2/c1-24-9-8-22-7-6-12(11-22)10-17-16(23)14-5-3-2-4-13(14)15-18-20-21-19-15/h2-5,12H,6-11H2,1H3,(H,17,23)(H,18,19,20,21)/t12-/m0/s1. The number of nitrogens with zero attached hydrogens (tertiary/aromatic N) is 4. The molecule has 1 aliphatic rings. The van der Waals surface area contributed by atoms with E-state index in [0.29, 0.717) is 29.4 Å². The highest BCUT2D eigenvalue weighted by molar-refractivity contribution is 6.00. The summed E-state index contributed by atoms with van der Waals surface area (Å²) < 4.78 is 5.11. The summed E-state index contributed by atoms with van der Waals surface area (Å²) in [6.07, 6.45) is 1.09. The van der Waals surface area contributed by atoms with Crippen molar-refractivity contribution in [3.8, 4) is 11.4 Å². The van der Waals surface area contributed by atoms with Gasteiger partial charge in [-0.15, -0.1) is 10.2 Å². The van der Waals surface area contributed by atoms with Crippen LogP contribution in [0, 0.1) is 5.92 Å². The minimum absolute atomic E-state index is 0.106. The monoisotopic (exact) mass is 330 g/mol. The van der Waals surface area contributed by atoms with Crippen LogP contribution in [0.3, 0.4) is 0 Å². The maximum absolute atomic E-state index is 12.5. The van der Waals surface area contributed by atoms with Crippen molar-refractivity contribution >= 4 is 5.91 Å². The number of hydrogen-bond donors (Lipinski definition) is 2. The molecule has 8 nitrogen and oxygen atoms in total. The van der Waals surface area contributed by atoms with Gasteiger partial charge in [-0.3, -0.25) is 4.79 Å². The van der Waals surface area contributed by atoms with Crippen molar-refractivity contribution in [2.75, 3.05) is 39.9 Å². The maximum Gasteiger partial charge on any atom is 0.252 e. The smallest absolute Gasteiger partial charge is 0.252 e. The summed E-state index contributed by atoms with van der Waals surface area (Å²) in [4.78, 5) is 14.9. The van der Waals surface area contributed by atoms with Crippen molar-refractivity contribution in [2.45, 2.75) is 6.42 Å². The van der Waals surface area contributed by atoms with Gasteiger partial charge >= 0.3 is 0 Å².